The maximum atomic E-state index is 11.9. The van der Waals surface area contributed by atoms with E-state index in [4.69, 9.17) is 9.84 Å². The van der Waals surface area contributed by atoms with Gasteiger partial charge in [0.05, 0.1) is 6.10 Å². The van der Waals surface area contributed by atoms with Crippen LogP contribution in [0.5, 0.6) is 0 Å². The number of hydrogen-bond acceptors (Lipinski definition) is 4. The number of nitrogens with zero attached hydrogens (tertiary/aromatic N) is 1. The minimum absolute atomic E-state index is 0.0547. The van der Waals surface area contributed by atoms with Gasteiger partial charge in [-0.05, 0) is 12.8 Å². The highest BCUT2D eigenvalue weighted by Crippen LogP contribution is 2.13. The van der Waals surface area contributed by atoms with E-state index in [1.807, 2.05) is 6.08 Å². The molecule has 2 N–H and O–H groups in total. The Balaban J connectivity index is 2.12. The highest BCUT2D eigenvalue weighted by atomic mass is 32.2. The number of aliphatic carboxylic acids is 1. The van der Waals surface area contributed by atoms with Crippen LogP contribution in [0.4, 0.5) is 4.79 Å². The number of carboxylic acid groups (broad SMARTS) is 1. The van der Waals surface area contributed by atoms with Crippen molar-refractivity contribution in [2.45, 2.75) is 18.9 Å². The number of ether oxygens (including phenoxy) is 1. The van der Waals surface area contributed by atoms with E-state index in [9.17, 15) is 9.59 Å². The third-order valence-corrected chi connectivity index (χ3v) is 3.89. The first-order valence-corrected chi connectivity index (χ1v) is 7.83. The molecule has 0 spiro atoms. The van der Waals surface area contributed by atoms with Gasteiger partial charge in [-0.25, -0.2) is 9.59 Å². The predicted molar refractivity (Wildman–Crippen MR) is 79.1 cm³/mol. The van der Waals surface area contributed by atoms with Gasteiger partial charge in [0.2, 0.25) is 0 Å². The van der Waals surface area contributed by atoms with Gasteiger partial charge in [0.15, 0.2) is 0 Å². The van der Waals surface area contributed by atoms with Crippen molar-refractivity contribution in [3.05, 3.63) is 12.7 Å². The fourth-order valence-electron chi connectivity index (χ4n) is 1.92. The summed E-state index contributed by atoms with van der Waals surface area (Å²) >= 11 is 1.72. The molecular formula is C13H22N2O4S. The molecule has 114 valence electrons. The first-order chi connectivity index (χ1) is 9.63. The molecule has 0 aliphatic carbocycles. The summed E-state index contributed by atoms with van der Waals surface area (Å²) in [6.07, 6.45) is 3.16. The topological polar surface area (TPSA) is 78.9 Å². The van der Waals surface area contributed by atoms with E-state index in [1.54, 1.807) is 16.7 Å². The van der Waals surface area contributed by atoms with Gasteiger partial charge in [0, 0.05) is 31.1 Å². The van der Waals surface area contributed by atoms with E-state index in [0.29, 0.717) is 32.5 Å². The normalized spacial score (nSPS) is 15.9. The molecule has 1 rings (SSSR count). The van der Waals surface area contributed by atoms with Crippen LogP contribution >= 0.6 is 11.8 Å². The lowest BCUT2D eigenvalue weighted by Crippen LogP contribution is -2.46. The fraction of sp³-hybridized carbons (Fsp3) is 0.692. The first kappa shape index (κ1) is 16.8. The van der Waals surface area contributed by atoms with Gasteiger partial charge < -0.3 is 20.1 Å². The summed E-state index contributed by atoms with van der Waals surface area (Å²) in [6.45, 7) is 5.23. The average Bonchev–Trinajstić information content (AvgIpc) is 2.45. The van der Waals surface area contributed by atoms with Crippen molar-refractivity contribution >= 4 is 23.8 Å². The van der Waals surface area contributed by atoms with Crippen molar-refractivity contribution in [1.29, 1.82) is 0 Å². The molecule has 7 heteroatoms. The summed E-state index contributed by atoms with van der Waals surface area (Å²) in [4.78, 5) is 24.0. The zero-order valence-corrected chi connectivity index (χ0v) is 12.4. The largest absolute Gasteiger partial charge is 0.480 e. The van der Waals surface area contributed by atoms with Crippen LogP contribution in [0.25, 0.3) is 0 Å². The maximum absolute atomic E-state index is 11.9. The van der Waals surface area contributed by atoms with Crippen LogP contribution < -0.4 is 5.32 Å². The first-order valence-electron chi connectivity index (χ1n) is 6.68. The van der Waals surface area contributed by atoms with Gasteiger partial charge in [-0.2, -0.15) is 11.8 Å². The molecule has 0 bridgehead atoms. The molecule has 1 aliphatic heterocycles. The van der Waals surface area contributed by atoms with Crippen LogP contribution in [0.1, 0.15) is 12.8 Å². The lowest BCUT2D eigenvalue weighted by atomic mass is 10.1. The number of carboxylic acids is 1. The van der Waals surface area contributed by atoms with E-state index in [1.165, 1.54) is 0 Å². The Labute approximate surface area is 123 Å². The van der Waals surface area contributed by atoms with Gasteiger partial charge in [0.1, 0.15) is 6.61 Å². The molecule has 1 aliphatic rings. The Kier molecular flexibility index (Phi) is 8.13. The third-order valence-electron chi connectivity index (χ3n) is 2.93. The molecule has 1 heterocycles. The van der Waals surface area contributed by atoms with Crippen molar-refractivity contribution in [3.63, 3.8) is 0 Å². The van der Waals surface area contributed by atoms with Crippen LogP contribution in [0.2, 0.25) is 0 Å². The molecule has 0 aromatic carbocycles. The van der Waals surface area contributed by atoms with Crippen molar-refractivity contribution in [2.75, 3.05) is 37.7 Å². The second kappa shape index (κ2) is 9.66. The van der Waals surface area contributed by atoms with Gasteiger partial charge in [0.25, 0.3) is 0 Å². The zero-order chi connectivity index (χ0) is 14.8. The predicted octanol–water partition coefficient (Wildman–Crippen LogP) is 1.18. The summed E-state index contributed by atoms with van der Waals surface area (Å²) in [5.41, 5.74) is 0. The molecule has 1 saturated heterocycles. The molecule has 1 fully saturated rings. The lowest BCUT2D eigenvalue weighted by molar-refractivity contribution is -0.145. The fourth-order valence-corrected chi connectivity index (χ4v) is 2.50. The molecule has 6 nitrogen and oxygen atoms in total. The number of piperidine rings is 1. The molecular weight excluding hydrogens is 280 g/mol. The molecule has 20 heavy (non-hydrogen) atoms. The van der Waals surface area contributed by atoms with Crippen molar-refractivity contribution in [3.8, 4) is 0 Å². The number of carbonyl (C=O) groups is 2. The van der Waals surface area contributed by atoms with Gasteiger partial charge in [-0.15, -0.1) is 6.58 Å². The summed E-state index contributed by atoms with van der Waals surface area (Å²) in [5, 5.41) is 11.4. The Morgan fingerprint density at radius 1 is 1.45 bits per heavy atom. The molecule has 0 radical (unpaired) electrons. The van der Waals surface area contributed by atoms with Crippen LogP contribution in [0.15, 0.2) is 12.7 Å². The number of carbonyl (C=O) groups excluding carboxylic acids is 1. The summed E-state index contributed by atoms with van der Waals surface area (Å²) in [5.74, 6) is 0.806. The van der Waals surface area contributed by atoms with E-state index in [0.717, 1.165) is 11.5 Å². The Morgan fingerprint density at radius 2 is 2.15 bits per heavy atom. The van der Waals surface area contributed by atoms with Crippen molar-refractivity contribution in [2.24, 2.45) is 0 Å². The van der Waals surface area contributed by atoms with Crippen molar-refractivity contribution in [1.82, 2.24) is 10.2 Å². The zero-order valence-electron chi connectivity index (χ0n) is 11.5. The molecule has 0 aromatic rings. The number of nitrogens with one attached hydrogen (secondary N) is 1. The van der Waals surface area contributed by atoms with Gasteiger partial charge in [-0.3, -0.25) is 0 Å². The van der Waals surface area contributed by atoms with E-state index >= 15 is 0 Å². The number of hydrogen-bond donors (Lipinski definition) is 2. The Hall–Kier alpha value is -1.21. The standard InChI is InChI=1S/C13H22N2O4S/c1-2-8-20-9-5-14-13(18)15-6-3-11(4-7-15)19-10-12(16)17/h2,11H,1,3-10H2,(H,14,18)(H,16,17). The molecule has 0 unspecified atom stereocenters. The van der Waals surface area contributed by atoms with Crippen LogP contribution in [0, 0.1) is 0 Å². The number of amides is 2. The van der Waals surface area contributed by atoms with Crippen LogP contribution in [-0.2, 0) is 9.53 Å². The second-order valence-corrected chi connectivity index (χ2v) is 5.64. The maximum Gasteiger partial charge on any atom is 0.329 e. The Bertz CT molecular complexity index is 330. The van der Waals surface area contributed by atoms with Crippen LogP contribution in [-0.4, -0.2) is 65.9 Å². The number of likely N-dealkylation sites (tertiary alicyclic amines) is 1. The monoisotopic (exact) mass is 302 g/mol. The average molecular weight is 302 g/mol. The number of thioether (sulfide) groups is 1. The Morgan fingerprint density at radius 3 is 2.75 bits per heavy atom. The molecule has 0 atom stereocenters. The summed E-state index contributed by atoms with van der Waals surface area (Å²) in [6, 6.07) is -0.0547. The molecule has 2 amide bonds. The minimum Gasteiger partial charge on any atom is -0.480 e. The number of rotatable bonds is 8. The quantitative estimate of drug-likeness (QED) is 0.520. The minimum atomic E-state index is -0.956. The van der Waals surface area contributed by atoms with Crippen molar-refractivity contribution < 1.29 is 19.4 Å². The molecule has 0 saturated carbocycles. The van der Waals surface area contributed by atoms with E-state index < -0.39 is 5.97 Å². The van der Waals surface area contributed by atoms with E-state index in [-0.39, 0.29) is 18.7 Å². The highest BCUT2D eigenvalue weighted by molar-refractivity contribution is 7.99. The lowest BCUT2D eigenvalue weighted by Gasteiger charge is -2.31. The summed E-state index contributed by atoms with van der Waals surface area (Å²) in [7, 11) is 0. The SMILES string of the molecule is C=CCSCCNC(=O)N1CCC(OCC(=O)O)CC1. The van der Waals surface area contributed by atoms with Gasteiger partial charge in [-0.1, -0.05) is 6.08 Å². The third kappa shape index (κ3) is 6.81. The summed E-state index contributed by atoms with van der Waals surface area (Å²) < 4.78 is 5.23. The van der Waals surface area contributed by atoms with E-state index in [2.05, 4.69) is 11.9 Å². The van der Waals surface area contributed by atoms with Gasteiger partial charge >= 0.3 is 12.0 Å². The number of urea groups is 1. The second-order valence-electron chi connectivity index (χ2n) is 4.49. The van der Waals surface area contributed by atoms with Crippen LogP contribution in [0.3, 0.4) is 0 Å². The highest BCUT2D eigenvalue weighted by Gasteiger charge is 2.23. The molecule has 0 aromatic heterocycles. The smallest absolute Gasteiger partial charge is 0.329 e.